The quantitative estimate of drug-likeness (QED) is 0.471. The van der Waals surface area contributed by atoms with Gasteiger partial charge in [-0.3, -0.25) is 0 Å². The van der Waals surface area contributed by atoms with Crippen LogP contribution in [0.1, 0.15) is 44.7 Å². The lowest BCUT2D eigenvalue weighted by molar-refractivity contribution is -0.115. The number of aliphatic hydroxyl groups is 1. The average Bonchev–Trinajstić information content (AvgIpc) is 3.17. The van der Waals surface area contributed by atoms with Gasteiger partial charge in [-0.05, 0) is 54.5 Å². The number of aryl methyl sites for hydroxylation is 1. The molecule has 178 valence electrons. The maximum Gasteiger partial charge on any atom is 0.405 e. The van der Waals surface area contributed by atoms with Crippen LogP contribution in [-0.2, 0) is 5.41 Å². The Morgan fingerprint density at radius 1 is 1.12 bits per heavy atom. The molecule has 1 fully saturated rings. The number of alkyl halides is 3. The van der Waals surface area contributed by atoms with Crippen molar-refractivity contribution in [3.63, 3.8) is 0 Å². The minimum Gasteiger partial charge on any atom is -0.402 e. The third-order valence-electron chi connectivity index (χ3n) is 6.03. The predicted octanol–water partition coefficient (Wildman–Crippen LogP) is 5.05. The summed E-state index contributed by atoms with van der Waals surface area (Å²) in [7, 11) is 0. The van der Waals surface area contributed by atoms with Gasteiger partial charge in [0.25, 0.3) is 5.89 Å². The van der Waals surface area contributed by atoms with Crippen LogP contribution in [0, 0.1) is 12.8 Å². The molecule has 0 aliphatic heterocycles. The molecule has 4 rings (SSSR count). The average molecular weight is 464 g/mol. The number of benzene rings is 1. The molecule has 2 aromatic heterocycles. The van der Waals surface area contributed by atoms with Gasteiger partial charge in [-0.25, -0.2) is 4.98 Å². The van der Waals surface area contributed by atoms with Crippen LogP contribution in [0.3, 0.4) is 0 Å². The smallest absolute Gasteiger partial charge is 0.402 e. The second kappa shape index (κ2) is 8.48. The zero-order valence-corrected chi connectivity index (χ0v) is 19.0. The summed E-state index contributed by atoms with van der Waals surface area (Å²) in [5.74, 6) is 0.428. The Morgan fingerprint density at radius 2 is 1.88 bits per heavy atom. The molecule has 33 heavy (non-hydrogen) atoms. The van der Waals surface area contributed by atoms with Crippen LogP contribution in [0.2, 0.25) is 0 Å². The third-order valence-corrected chi connectivity index (χ3v) is 6.03. The molecular formula is C23H28F3N5O2. The second-order valence-corrected chi connectivity index (χ2v) is 9.65. The molecule has 1 saturated carbocycles. The minimum absolute atomic E-state index is 0.102. The number of aromatic nitrogens is 3. The summed E-state index contributed by atoms with van der Waals surface area (Å²) in [6.07, 6.45) is -2.43. The number of aliphatic hydroxyl groups excluding tert-OH is 1. The van der Waals surface area contributed by atoms with E-state index in [2.05, 4.69) is 20.8 Å². The summed E-state index contributed by atoms with van der Waals surface area (Å²) in [6, 6.07) is 5.57. The first-order chi connectivity index (χ1) is 15.4. The third kappa shape index (κ3) is 5.05. The lowest BCUT2D eigenvalue weighted by atomic mass is 9.80. The molecule has 0 bridgehead atoms. The molecule has 0 saturated heterocycles. The van der Waals surface area contributed by atoms with Gasteiger partial charge >= 0.3 is 12.2 Å². The van der Waals surface area contributed by atoms with E-state index >= 15 is 0 Å². The molecule has 2 heterocycles. The SMILES string of the molecule is Cc1cc(-c2nnc(N[C@H]3CC[C@H]3CO)o2)nc2c(C(C)(C)C)cc(NCC(F)(F)F)cc12. The number of hydrogen-bond acceptors (Lipinski definition) is 7. The summed E-state index contributed by atoms with van der Waals surface area (Å²) in [5, 5.41) is 23.9. The molecule has 0 amide bonds. The first kappa shape index (κ1) is 23.3. The summed E-state index contributed by atoms with van der Waals surface area (Å²) >= 11 is 0. The van der Waals surface area contributed by atoms with Crippen LogP contribution in [0.5, 0.6) is 0 Å². The van der Waals surface area contributed by atoms with E-state index in [-0.39, 0.29) is 35.9 Å². The molecule has 1 aromatic carbocycles. The molecule has 7 nitrogen and oxygen atoms in total. The van der Waals surface area contributed by atoms with E-state index in [1.807, 2.05) is 27.7 Å². The van der Waals surface area contributed by atoms with E-state index in [9.17, 15) is 18.3 Å². The van der Waals surface area contributed by atoms with E-state index in [1.165, 1.54) is 0 Å². The van der Waals surface area contributed by atoms with Gasteiger partial charge in [0.2, 0.25) is 0 Å². The zero-order chi connectivity index (χ0) is 24.0. The Balaban J connectivity index is 1.70. The Morgan fingerprint density at radius 3 is 2.48 bits per heavy atom. The van der Waals surface area contributed by atoms with Gasteiger partial charge in [-0.1, -0.05) is 25.9 Å². The number of fused-ring (bicyclic) bond motifs is 1. The zero-order valence-electron chi connectivity index (χ0n) is 19.0. The molecule has 3 aromatic rings. The Bertz CT molecular complexity index is 1150. The van der Waals surface area contributed by atoms with Crippen molar-refractivity contribution in [2.45, 2.75) is 58.2 Å². The first-order valence-electron chi connectivity index (χ1n) is 10.9. The highest BCUT2D eigenvalue weighted by Gasteiger charge is 2.31. The van der Waals surface area contributed by atoms with Crippen molar-refractivity contribution in [3.05, 3.63) is 29.3 Å². The lowest BCUT2D eigenvalue weighted by Gasteiger charge is -2.34. The van der Waals surface area contributed by atoms with Crippen LogP contribution >= 0.6 is 0 Å². The van der Waals surface area contributed by atoms with Crippen molar-refractivity contribution < 1.29 is 22.7 Å². The number of hydrogen-bond donors (Lipinski definition) is 3. The van der Waals surface area contributed by atoms with Gasteiger partial charge in [0.15, 0.2) is 0 Å². The maximum absolute atomic E-state index is 12.7. The van der Waals surface area contributed by atoms with Crippen molar-refractivity contribution in [1.82, 2.24) is 15.2 Å². The monoisotopic (exact) mass is 463 g/mol. The fourth-order valence-electron chi connectivity index (χ4n) is 4.00. The molecule has 0 spiro atoms. The Kier molecular flexibility index (Phi) is 5.98. The molecule has 2 atom stereocenters. The van der Waals surface area contributed by atoms with Crippen molar-refractivity contribution in [2.24, 2.45) is 5.92 Å². The molecule has 0 unspecified atom stereocenters. The Labute approximate surface area is 189 Å². The van der Waals surface area contributed by atoms with Crippen LogP contribution in [0.15, 0.2) is 22.6 Å². The van der Waals surface area contributed by atoms with Crippen LogP contribution in [0.4, 0.5) is 24.9 Å². The first-order valence-corrected chi connectivity index (χ1v) is 10.9. The highest BCUT2D eigenvalue weighted by Crippen LogP contribution is 2.36. The van der Waals surface area contributed by atoms with Crippen molar-refractivity contribution in [2.75, 3.05) is 23.8 Å². The van der Waals surface area contributed by atoms with E-state index < -0.39 is 12.7 Å². The van der Waals surface area contributed by atoms with Gasteiger partial charge < -0.3 is 20.2 Å². The largest absolute Gasteiger partial charge is 0.405 e. The number of pyridine rings is 1. The normalized spacial score (nSPS) is 18.9. The number of anilines is 2. The van der Waals surface area contributed by atoms with Crippen LogP contribution in [0.25, 0.3) is 22.5 Å². The van der Waals surface area contributed by atoms with E-state index in [0.717, 1.165) is 29.4 Å². The summed E-state index contributed by atoms with van der Waals surface area (Å²) in [6.45, 7) is 6.85. The van der Waals surface area contributed by atoms with Gasteiger partial charge in [-0.15, -0.1) is 5.10 Å². The van der Waals surface area contributed by atoms with Gasteiger partial charge in [0, 0.05) is 29.6 Å². The highest BCUT2D eigenvalue weighted by molar-refractivity contribution is 5.90. The number of rotatable bonds is 6. The van der Waals surface area contributed by atoms with Crippen LogP contribution < -0.4 is 10.6 Å². The summed E-state index contributed by atoms with van der Waals surface area (Å²) in [5.41, 5.74) is 2.86. The molecule has 1 aliphatic rings. The fraction of sp³-hybridized carbons (Fsp3) is 0.522. The van der Waals surface area contributed by atoms with E-state index in [0.29, 0.717) is 16.9 Å². The standard InChI is InChI=1S/C23H28F3N5O2/c1-12-7-18(20-30-31-21(33-20)29-17-6-5-13(17)10-32)28-19-15(12)8-14(27-11-23(24,25)26)9-16(19)22(2,3)4/h7-9,13,17,27,32H,5-6,10-11H2,1-4H3,(H,29,31)/t13-,17-/m0/s1. The highest BCUT2D eigenvalue weighted by atomic mass is 19.4. The van der Waals surface area contributed by atoms with Gasteiger partial charge in [-0.2, -0.15) is 13.2 Å². The lowest BCUT2D eigenvalue weighted by Crippen LogP contribution is -2.40. The summed E-state index contributed by atoms with van der Waals surface area (Å²) < 4.78 is 44.0. The van der Waals surface area contributed by atoms with Gasteiger partial charge in [0.05, 0.1) is 5.52 Å². The number of halogens is 3. The molecule has 3 N–H and O–H groups in total. The minimum atomic E-state index is -4.31. The van der Waals surface area contributed by atoms with Crippen molar-refractivity contribution in [3.8, 4) is 11.6 Å². The van der Waals surface area contributed by atoms with E-state index in [4.69, 9.17) is 9.40 Å². The molecule has 1 aliphatic carbocycles. The van der Waals surface area contributed by atoms with Crippen molar-refractivity contribution >= 4 is 22.6 Å². The topological polar surface area (TPSA) is 96.1 Å². The molecule has 0 radical (unpaired) electrons. The Hall–Kier alpha value is -2.88. The second-order valence-electron chi connectivity index (χ2n) is 9.65. The number of nitrogens with zero attached hydrogens (tertiary/aromatic N) is 3. The van der Waals surface area contributed by atoms with Crippen molar-refractivity contribution in [1.29, 1.82) is 0 Å². The summed E-state index contributed by atoms with van der Waals surface area (Å²) in [4.78, 5) is 4.77. The van der Waals surface area contributed by atoms with Crippen LogP contribution in [-0.4, -0.2) is 45.7 Å². The molecular weight excluding hydrogens is 435 g/mol. The van der Waals surface area contributed by atoms with E-state index in [1.54, 1.807) is 18.2 Å². The van der Waals surface area contributed by atoms with Gasteiger partial charge in [0.1, 0.15) is 12.2 Å². The molecule has 10 heteroatoms. The fourth-order valence-corrected chi connectivity index (χ4v) is 4.00. The number of nitrogens with one attached hydrogen (secondary N) is 2. The predicted molar refractivity (Wildman–Crippen MR) is 120 cm³/mol. The maximum atomic E-state index is 12.7.